The summed E-state index contributed by atoms with van der Waals surface area (Å²) in [5.41, 5.74) is 2.42. The SMILES string of the molecule is CC(CCN(C=O)c1ccc(B2OC(C)(C)C(C)(C)O2)cc1)c1ccccc1. The normalized spacial score (nSPS) is 18.7. The minimum absolute atomic E-state index is 0.362. The van der Waals surface area contributed by atoms with Gasteiger partial charge in [0.15, 0.2) is 0 Å². The standard InChI is InChI=1S/C23H30BNO3/c1-18(19-9-7-6-8-10-19)15-16-25(17-26)21-13-11-20(12-14-21)24-27-22(2,3)23(4,5)28-24/h6-14,17-18H,15-16H2,1-5H3. The Bertz CT molecular complexity index is 773. The van der Waals surface area contributed by atoms with Crippen molar-refractivity contribution in [2.24, 2.45) is 0 Å². The number of rotatable bonds is 7. The molecule has 148 valence electrons. The molecule has 0 aliphatic carbocycles. The summed E-state index contributed by atoms with van der Waals surface area (Å²) in [6.45, 7) is 11.1. The molecule has 4 nitrogen and oxygen atoms in total. The number of hydrogen-bond donors (Lipinski definition) is 0. The van der Waals surface area contributed by atoms with Gasteiger partial charge < -0.3 is 14.2 Å². The molecule has 1 unspecified atom stereocenters. The van der Waals surface area contributed by atoms with E-state index in [0.29, 0.717) is 12.5 Å². The van der Waals surface area contributed by atoms with Crippen LogP contribution in [-0.2, 0) is 14.1 Å². The topological polar surface area (TPSA) is 38.8 Å². The molecule has 0 N–H and O–H groups in total. The number of anilines is 1. The smallest absolute Gasteiger partial charge is 0.399 e. The highest BCUT2D eigenvalue weighted by Crippen LogP contribution is 2.36. The van der Waals surface area contributed by atoms with Gasteiger partial charge in [-0.05, 0) is 63.2 Å². The maximum atomic E-state index is 11.6. The minimum Gasteiger partial charge on any atom is -0.399 e. The molecule has 0 bridgehead atoms. The molecule has 1 amide bonds. The van der Waals surface area contributed by atoms with E-state index in [9.17, 15) is 4.79 Å². The molecule has 1 heterocycles. The molecule has 0 radical (unpaired) electrons. The highest BCUT2D eigenvalue weighted by molar-refractivity contribution is 6.62. The van der Waals surface area contributed by atoms with E-state index >= 15 is 0 Å². The highest BCUT2D eigenvalue weighted by atomic mass is 16.7. The van der Waals surface area contributed by atoms with E-state index in [1.165, 1.54) is 5.56 Å². The number of hydrogen-bond acceptors (Lipinski definition) is 3. The Morgan fingerprint density at radius 3 is 2.07 bits per heavy atom. The van der Waals surface area contributed by atoms with Crippen molar-refractivity contribution in [2.45, 2.75) is 58.2 Å². The number of amides is 1. The summed E-state index contributed by atoms with van der Waals surface area (Å²) in [4.78, 5) is 13.4. The molecule has 1 aliphatic rings. The molecular weight excluding hydrogens is 349 g/mol. The van der Waals surface area contributed by atoms with E-state index in [2.05, 4.69) is 31.2 Å². The average molecular weight is 379 g/mol. The fourth-order valence-corrected chi connectivity index (χ4v) is 3.33. The van der Waals surface area contributed by atoms with Crippen LogP contribution >= 0.6 is 0 Å². The molecule has 0 spiro atoms. The first-order chi connectivity index (χ1) is 13.2. The fraction of sp³-hybridized carbons (Fsp3) is 0.435. The number of carbonyl (C=O) groups excluding carboxylic acids is 1. The van der Waals surface area contributed by atoms with Crippen LogP contribution in [0.2, 0.25) is 0 Å². The van der Waals surface area contributed by atoms with Gasteiger partial charge in [0.05, 0.1) is 11.2 Å². The van der Waals surface area contributed by atoms with E-state index < -0.39 is 0 Å². The Labute approximate surface area is 169 Å². The lowest BCUT2D eigenvalue weighted by molar-refractivity contribution is -0.107. The minimum atomic E-state index is -0.387. The Morgan fingerprint density at radius 1 is 0.964 bits per heavy atom. The third kappa shape index (κ3) is 4.31. The summed E-state index contributed by atoms with van der Waals surface area (Å²) in [5.74, 6) is 0.396. The van der Waals surface area contributed by atoms with E-state index in [1.54, 1.807) is 4.90 Å². The first-order valence-corrected chi connectivity index (χ1v) is 9.96. The van der Waals surface area contributed by atoms with Crippen molar-refractivity contribution < 1.29 is 14.1 Å². The van der Waals surface area contributed by atoms with Crippen LogP contribution in [0, 0.1) is 0 Å². The predicted octanol–water partition coefficient (Wildman–Crippen LogP) is 4.14. The lowest BCUT2D eigenvalue weighted by Crippen LogP contribution is -2.41. The van der Waals surface area contributed by atoms with Gasteiger partial charge >= 0.3 is 7.12 Å². The summed E-state index contributed by atoms with van der Waals surface area (Å²) in [7, 11) is -0.387. The van der Waals surface area contributed by atoms with Crippen LogP contribution in [0.3, 0.4) is 0 Å². The molecule has 2 aromatic carbocycles. The average Bonchev–Trinajstić information content (AvgIpc) is 2.90. The van der Waals surface area contributed by atoms with Gasteiger partial charge in [0.1, 0.15) is 0 Å². The molecule has 1 aliphatic heterocycles. The maximum Gasteiger partial charge on any atom is 0.494 e. The van der Waals surface area contributed by atoms with E-state index in [0.717, 1.165) is 24.0 Å². The number of carbonyl (C=O) groups is 1. The maximum absolute atomic E-state index is 11.6. The summed E-state index contributed by atoms with van der Waals surface area (Å²) in [6.07, 6.45) is 1.81. The molecule has 5 heteroatoms. The van der Waals surface area contributed by atoms with Crippen molar-refractivity contribution in [3.05, 3.63) is 60.2 Å². The Balaban J connectivity index is 1.64. The number of benzene rings is 2. The van der Waals surface area contributed by atoms with Crippen molar-refractivity contribution in [2.75, 3.05) is 11.4 Å². The molecule has 1 saturated heterocycles. The van der Waals surface area contributed by atoms with Gasteiger partial charge in [-0.2, -0.15) is 0 Å². The second-order valence-corrected chi connectivity index (χ2v) is 8.58. The first kappa shape index (κ1) is 20.6. The zero-order chi connectivity index (χ0) is 20.4. The monoisotopic (exact) mass is 379 g/mol. The lowest BCUT2D eigenvalue weighted by atomic mass is 9.79. The van der Waals surface area contributed by atoms with Gasteiger partial charge in [0, 0.05) is 12.2 Å². The second-order valence-electron chi connectivity index (χ2n) is 8.58. The van der Waals surface area contributed by atoms with Gasteiger partial charge in [-0.1, -0.05) is 49.4 Å². The molecule has 0 aromatic heterocycles. The van der Waals surface area contributed by atoms with Gasteiger partial charge in [0.2, 0.25) is 6.41 Å². The van der Waals surface area contributed by atoms with Gasteiger partial charge in [0.25, 0.3) is 0 Å². The largest absolute Gasteiger partial charge is 0.494 e. The summed E-state index contributed by atoms with van der Waals surface area (Å²) in [6, 6.07) is 18.3. The third-order valence-electron chi connectivity index (χ3n) is 6.05. The summed E-state index contributed by atoms with van der Waals surface area (Å²) < 4.78 is 12.2. The predicted molar refractivity (Wildman–Crippen MR) is 115 cm³/mol. The second kappa shape index (κ2) is 8.10. The van der Waals surface area contributed by atoms with Crippen molar-refractivity contribution in [1.82, 2.24) is 0 Å². The fourth-order valence-electron chi connectivity index (χ4n) is 3.33. The highest BCUT2D eigenvalue weighted by Gasteiger charge is 2.51. The van der Waals surface area contributed by atoms with Crippen LogP contribution in [0.15, 0.2) is 54.6 Å². The summed E-state index contributed by atoms with van der Waals surface area (Å²) in [5, 5.41) is 0. The van der Waals surface area contributed by atoms with Gasteiger partial charge in [-0.25, -0.2) is 0 Å². The van der Waals surface area contributed by atoms with Gasteiger partial charge in [-0.3, -0.25) is 4.79 Å². The van der Waals surface area contributed by atoms with Crippen LogP contribution in [0.25, 0.3) is 0 Å². The van der Waals surface area contributed by atoms with Crippen LogP contribution in [0.1, 0.15) is 52.5 Å². The van der Waals surface area contributed by atoms with Crippen LogP contribution < -0.4 is 10.4 Å². The molecule has 2 aromatic rings. The molecule has 3 rings (SSSR count). The first-order valence-electron chi connectivity index (χ1n) is 9.96. The van der Waals surface area contributed by atoms with E-state index in [-0.39, 0.29) is 18.3 Å². The molecular formula is C23H30BNO3. The van der Waals surface area contributed by atoms with Crippen molar-refractivity contribution in [1.29, 1.82) is 0 Å². The van der Waals surface area contributed by atoms with Gasteiger partial charge in [-0.15, -0.1) is 0 Å². The summed E-state index contributed by atoms with van der Waals surface area (Å²) >= 11 is 0. The van der Waals surface area contributed by atoms with Crippen LogP contribution in [0.5, 0.6) is 0 Å². The molecule has 28 heavy (non-hydrogen) atoms. The Hall–Kier alpha value is -2.11. The molecule has 1 atom stereocenters. The van der Waals surface area contributed by atoms with Crippen LogP contribution in [-0.4, -0.2) is 31.3 Å². The Kier molecular flexibility index (Phi) is 5.97. The van der Waals surface area contributed by atoms with Crippen molar-refractivity contribution in [3.63, 3.8) is 0 Å². The quantitative estimate of drug-likeness (QED) is 0.536. The Morgan fingerprint density at radius 2 is 1.54 bits per heavy atom. The zero-order valence-electron chi connectivity index (χ0n) is 17.5. The van der Waals surface area contributed by atoms with Crippen molar-refractivity contribution >= 4 is 24.7 Å². The van der Waals surface area contributed by atoms with Crippen LogP contribution in [0.4, 0.5) is 5.69 Å². The van der Waals surface area contributed by atoms with E-state index in [1.807, 2.05) is 58.0 Å². The zero-order valence-corrected chi connectivity index (χ0v) is 17.5. The lowest BCUT2D eigenvalue weighted by Gasteiger charge is -2.32. The van der Waals surface area contributed by atoms with E-state index in [4.69, 9.17) is 9.31 Å². The molecule has 1 fully saturated rings. The molecule has 0 saturated carbocycles. The number of nitrogens with zero attached hydrogens (tertiary/aromatic N) is 1. The third-order valence-corrected chi connectivity index (χ3v) is 6.05. The van der Waals surface area contributed by atoms with Crippen molar-refractivity contribution in [3.8, 4) is 0 Å².